The maximum Gasteiger partial charge on any atom is 0.333 e. The number of rotatable bonds is 4. The van der Waals surface area contributed by atoms with Crippen molar-refractivity contribution in [1.82, 2.24) is 0 Å². The largest absolute Gasteiger partial charge is 0.508 e. The molecule has 23 heavy (non-hydrogen) atoms. The zero-order valence-electron chi connectivity index (χ0n) is 12.0. The maximum absolute atomic E-state index is 11.7. The average Bonchev–Trinajstić information content (AvgIpc) is 2.55. The van der Waals surface area contributed by atoms with E-state index in [2.05, 4.69) is 0 Å². The lowest BCUT2D eigenvalue weighted by atomic mass is 9.99. The van der Waals surface area contributed by atoms with E-state index in [-0.39, 0.29) is 5.75 Å². The summed E-state index contributed by atoms with van der Waals surface area (Å²) < 4.78 is 9.92. The van der Waals surface area contributed by atoms with Gasteiger partial charge >= 0.3 is 5.97 Å². The zero-order chi connectivity index (χ0) is 17.0. The molecular formula is C15H18O8. The SMILES string of the molecule is O=C(/C=C/c1ccc(O)cc1)O[C@@H]1O[C@H](CO)[C@@H](O)[C@H](O)[C@H]1O. The molecule has 8 nitrogen and oxygen atoms in total. The highest BCUT2D eigenvalue weighted by atomic mass is 16.7. The highest BCUT2D eigenvalue weighted by Gasteiger charge is 2.45. The first-order chi connectivity index (χ1) is 10.9. The molecule has 1 aromatic rings. The number of ether oxygens (including phenoxy) is 2. The fourth-order valence-corrected chi connectivity index (χ4v) is 2.07. The van der Waals surface area contributed by atoms with Crippen molar-refractivity contribution < 1.29 is 39.8 Å². The Bertz CT molecular complexity index is 553. The van der Waals surface area contributed by atoms with Gasteiger partial charge in [-0.2, -0.15) is 0 Å². The lowest BCUT2D eigenvalue weighted by molar-refractivity contribution is -0.291. The van der Waals surface area contributed by atoms with Crippen LogP contribution in [0.1, 0.15) is 5.56 Å². The van der Waals surface area contributed by atoms with Crippen molar-refractivity contribution in [3.8, 4) is 5.75 Å². The number of carbonyl (C=O) groups excluding carboxylic acids is 1. The lowest BCUT2D eigenvalue weighted by Gasteiger charge is -2.38. The molecule has 0 saturated carbocycles. The van der Waals surface area contributed by atoms with Gasteiger partial charge in [0, 0.05) is 6.08 Å². The summed E-state index contributed by atoms with van der Waals surface area (Å²) in [5.41, 5.74) is 0.633. The molecule has 1 heterocycles. The van der Waals surface area contributed by atoms with Crippen LogP contribution in [-0.4, -0.2) is 68.8 Å². The molecule has 1 aliphatic rings. The van der Waals surface area contributed by atoms with Gasteiger partial charge in [0.25, 0.3) is 0 Å². The van der Waals surface area contributed by atoms with E-state index in [0.717, 1.165) is 6.08 Å². The summed E-state index contributed by atoms with van der Waals surface area (Å²) in [6.07, 6.45) is -4.93. The van der Waals surface area contributed by atoms with Crippen LogP contribution >= 0.6 is 0 Å². The molecule has 0 amide bonds. The topological polar surface area (TPSA) is 137 Å². The van der Waals surface area contributed by atoms with Gasteiger partial charge < -0.3 is 35.0 Å². The van der Waals surface area contributed by atoms with Crippen molar-refractivity contribution in [1.29, 1.82) is 0 Å². The van der Waals surface area contributed by atoms with Crippen LogP contribution in [0, 0.1) is 0 Å². The van der Waals surface area contributed by atoms with Crippen molar-refractivity contribution in [2.24, 2.45) is 0 Å². The van der Waals surface area contributed by atoms with Crippen LogP contribution in [0.5, 0.6) is 5.75 Å². The van der Waals surface area contributed by atoms with Gasteiger partial charge in [-0.3, -0.25) is 0 Å². The first kappa shape index (κ1) is 17.4. The maximum atomic E-state index is 11.7. The van der Waals surface area contributed by atoms with Gasteiger partial charge in [-0.05, 0) is 23.8 Å². The lowest BCUT2D eigenvalue weighted by Crippen LogP contribution is -2.59. The van der Waals surface area contributed by atoms with Gasteiger partial charge in [0.1, 0.15) is 30.2 Å². The number of esters is 1. The fourth-order valence-electron chi connectivity index (χ4n) is 2.07. The number of hydrogen-bond donors (Lipinski definition) is 5. The van der Waals surface area contributed by atoms with Gasteiger partial charge in [-0.15, -0.1) is 0 Å². The van der Waals surface area contributed by atoms with Crippen LogP contribution in [-0.2, 0) is 14.3 Å². The fraction of sp³-hybridized carbons (Fsp3) is 0.400. The third-order valence-electron chi connectivity index (χ3n) is 3.39. The minimum atomic E-state index is -1.64. The third-order valence-corrected chi connectivity index (χ3v) is 3.39. The molecule has 0 aromatic heterocycles. The minimum absolute atomic E-state index is 0.0889. The zero-order valence-corrected chi connectivity index (χ0v) is 12.0. The summed E-state index contributed by atoms with van der Waals surface area (Å²) in [4.78, 5) is 11.7. The number of aliphatic hydroxyl groups is 4. The second-order valence-corrected chi connectivity index (χ2v) is 5.06. The Hall–Kier alpha value is -1.97. The van der Waals surface area contributed by atoms with Gasteiger partial charge in [-0.25, -0.2) is 4.79 Å². The highest BCUT2D eigenvalue weighted by Crippen LogP contribution is 2.22. The molecule has 2 rings (SSSR count). The standard InChI is InChI=1S/C15H18O8/c16-7-10-12(19)13(20)14(21)15(22-10)23-11(18)6-3-8-1-4-9(17)5-2-8/h1-6,10,12-17,19-21H,7H2/b6-3+/t10-,12-,13+,14-,15+/m1/s1. The molecule has 8 heteroatoms. The third kappa shape index (κ3) is 4.27. The predicted octanol–water partition coefficient (Wildman–Crippen LogP) is -1.25. The van der Waals surface area contributed by atoms with Crippen LogP contribution in [0.4, 0.5) is 0 Å². The minimum Gasteiger partial charge on any atom is -0.508 e. The number of aromatic hydroxyl groups is 1. The molecule has 1 aromatic carbocycles. The number of benzene rings is 1. The van der Waals surface area contributed by atoms with Crippen molar-refractivity contribution in [2.45, 2.75) is 30.7 Å². The van der Waals surface area contributed by atoms with Crippen LogP contribution in [0.3, 0.4) is 0 Å². The second-order valence-electron chi connectivity index (χ2n) is 5.06. The highest BCUT2D eigenvalue weighted by molar-refractivity contribution is 5.87. The first-order valence-electron chi connectivity index (χ1n) is 6.90. The Morgan fingerprint density at radius 3 is 2.39 bits per heavy atom. The Kier molecular flexibility index (Phi) is 5.69. The van der Waals surface area contributed by atoms with E-state index in [1.165, 1.54) is 18.2 Å². The molecule has 0 spiro atoms. The van der Waals surface area contributed by atoms with E-state index in [9.17, 15) is 20.1 Å². The van der Waals surface area contributed by atoms with E-state index in [1.54, 1.807) is 12.1 Å². The van der Waals surface area contributed by atoms with Gasteiger partial charge in [-0.1, -0.05) is 12.1 Å². The molecule has 126 valence electrons. The van der Waals surface area contributed by atoms with E-state index < -0.39 is 43.3 Å². The Labute approximate surface area is 131 Å². The van der Waals surface area contributed by atoms with Gasteiger partial charge in [0.15, 0.2) is 0 Å². The summed E-state index contributed by atoms with van der Waals surface area (Å²) in [5.74, 6) is -0.756. The normalized spacial score (nSPS) is 31.2. The van der Waals surface area contributed by atoms with Crippen LogP contribution in [0.15, 0.2) is 30.3 Å². The van der Waals surface area contributed by atoms with Crippen LogP contribution < -0.4 is 0 Å². The first-order valence-corrected chi connectivity index (χ1v) is 6.90. The molecule has 0 unspecified atom stereocenters. The second kappa shape index (κ2) is 7.53. The summed E-state index contributed by atoms with van der Waals surface area (Å²) in [6.45, 7) is -0.609. The average molecular weight is 326 g/mol. The molecule has 1 fully saturated rings. The number of carbonyl (C=O) groups is 1. The van der Waals surface area contributed by atoms with Crippen molar-refractivity contribution in [3.05, 3.63) is 35.9 Å². The van der Waals surface area contributed by atoms with E-state index >= 15 is 0 Å². The molecule has 1 aliphatic heterocycles. The Morgan fingerprint density at radius 1 is 1.13 bits per heavy atom. The molecule has 0 radical (unpaired) electrons. The molecule has 5 atom stereocenters. The summed E-state index contributed by atoms with van der Waals surface area (Å²) in [5, 5.41) is 47.1. The molecule has 1 saturated heterocycles. The number of phenolic OH excluding ortho intramolecular Hbond substituents is 1. The van der Waals surface area contributed by atoms with E-state index in [1.807, 2.05) is 0 Å². The molecular weight excluding hydrogens is 308 g/mol. The van der Waals surface area contributed by atoms with E-state index in [4.69, 9.17) is 19.7 Å². The summed E-state index contributed by atoms with van der Waals surface area (Å²) >= 11 is 0. The number of aliphatic hydroxyl groups excluding tert-OH is 4. The molecule has 5 N–H and O–H groups in total. The van der Waals surface area contributed by atoms with Gasteiger partial charge in [0.05, 0.1) is 6.61 Å². The van der Waals surface area contributed by atoms with Crippen LogP contribution in [0.2, 0.25) is 0 Å². The molecule has 0 bridgehead atoms. The smallest absolute Gasteiger partial charge is 0.333 e. The van der Waals surface area contributed by atoms with Crippen molar-refractivity contribution >= 4 is 12.0 Å². The quantitative estimate of drug-likeness (QED) is 0.342. The van der Waals surface area contributed by atoms with Gasteiger partial charge in [0.2, 0.25) is 6.29 Å². The van der Waals surface area contributed by atoms with Crippen LogP contribution in [0.25, 0.3) is 6.08 Å². The Morgan fingerprint density at radius 2 is 1.78 bits per heavy atom. The van der Waals surface area contributed by atoms with Crippen molar-refractivity contribution in [3.63, 3.8) is 0 Å². The number of phenols is 1. The predicted molar refractivity (Wildman–Crippen MR) is 77.0 cm³/mol. The number of hydrogen-bond acceptors (Lipinski definition) is 8. The summed E-state index contributed by atoms with van der Waals surface area (Å²) in [7, 11) is 0. The Balaban J connectivity index is 1.97. The summed E-state index contributed by atoms with van der Waals surface area (Å²) in [6, 6.07) is 6.05. The van der Waals surface area contributed by atoms with E-state index in [0.29, 0.717) is 5.56 Å². The molecule has 0 aliphatic carbocycles. The van der Waals surface area contributed by atoms with Crippen molar-refractivity contribution in [2.75, 3.05) is 6.61 Å². The monoisotopic (exact) mass is 326 g/mol.